The van der Waals surface area contributed by atoms with Crippen molar-refractivity contribution in [3.8, 4) is 5.75 Å². The van der Waals surface area contributed by atoms with Gasteiger partial charge in [-0.1, -0.05) is 46.9 Å². The number of benzene rings is 1. The zero-order valence-corrected chi connectivity index (χ0v) is 10.6. The molecule has 0 aromatic heterocycles. The summed E-state index contributed by atoms with van der Waals surface area (Å²) < 4.78 is -1.41. The van der Waals surface area contributed by atoms with Crippen LogP contribution in [-0.2, 0) is 30.0 Å². The molecule has 0 aliphatic carbocycles. The van der Waals surface area contributed by atoms with Gasteiger partial charge in [0.25, 0.3) is 0 Å². The Bertz CT molecular complexity index is 242. The molecule has 0 atom stereocenters. The minimum absolute atomic E-state index is 0. The first kappa shape index (κ1) is 12.8. The van der Waals surface area contributed by atoms with Gasteiger partial charge >= 0.3 is 0 Å². The van der Waals surface area contributed by atoms with Crippen LogP contribution in [0.1, 0.15) is 5.56 Å². The van der Waals surface area contributed by atoms with Gasteiger partial charge in [0, 0.05) is 31.8 Å². The molecule has 0 aliphatic rings. The van der Waals surface area contributed by atoms with Crippen LogP contribution in [0.2, 0.25) is 0 Å². The first-order valence-electron chi connectivity index (χ1n) is 2.86. The van der Waals surface area contributed by atoms with E-state index in [4.69, 9.17) is 39.9 Å². The number of hydrogen-bond donors (Lipinski definition) is 1. The van der Waals surface area contributed by atoms with Crippen LogP contribution in [0.3, 0.4) is 0 Å². The van der Waals surface area contributed by atoms with E-state index in [0.29, 0.717) is 5.56 Å². The summed E-state index contributed by atoms with van der Waals surface area (Å²) in [6, 6.07) is 6.05. The summed E-state index contributed by atoms with van der Waals surface area (Å²) in [6.07, 6.45) is 0. The van der Waals surface area contributed by atoms with Crippen molar-refractivity contribution in [3.63, 3.8) is 0 Å². The van der Waals surface area contributed by atoms with Crippen LogP contribution in [0, 0.1) is 0 Å². The van der Waals surface area contributed by atoms with Crippen LogP contribution in [0.15, 0.2) is 24.3 Å². The molecule has 0 bridgehead atoms. The molecule has 0 amide bonds. The summed E-state index contributed by atoms with van der Waals surface area (Å²) in [5.74, 6) is 0.156. The Balaban J connectivity index is 0.00000121. The third kappa shape index (κ3) is 3.66. The maximum Gasteiger partial charge on any atom is 0.216 e. The molecule has 1 rings (SSSR count). The summed E-state index contributed by atoms with van der Waals surface area (Å²) in [4.78, 5) is 0. The van der Waals surface area contributed by atoms with Gasteiger partial charge in [-0.3, -0.25) is 0 Å². The second-order valence-electron chi connectivity index (χ2n) is 2.04. The molecular formula is C7H5Cl3OZr. The molecule has 0 fully saturated rings. The van der Waals surface area contributed by atoms with E-state index >= 15 is 0 Å². The van der Waals surface area contributed by atoms with E-state index in [9.17, 15) is 0 Å². The normalized spacial score (nSPS) is 10.6. The zero-order chi connectivity index (χ0) is 8.48. The van der Waals surface area contributed by atoms with Gasteiger partial charge in [-0.05, 0) is 12.1 Å². The Kier molecular flexibility index (Phi) is 5.17. The number of rotatable bonds is 0. The van der Waals surface area contributed by atoms with Crippen LogP contribution in [0.4, 0.5) is 0 Å². The summed E-state index contributed by atoms with van der Waals surface area (Å²) in [5, 5.41) is 8.89. The summed E-state index contributed by atoms with van der Waals surface area (Å²) in [6.45, 7) is 0. The van der Waals surface area contributed by atoms with Crippen molar-refractivity contribution in [1.82, 2.24) is 0 Å². The fraction of sp³-hybridized carbons (Fsp3) is 0.143. The van der Waals surface area contributed by atoms with Gasteiger partial charge < -0.3 is 5.11 Å². The van der Waals surface area contributed by atoms with Crippen LogP contribution in [-0.4, -0.2) is 5.11 Å². The Labute approximate surface area is 105 Å². The van der Waals surface area contributed by atoms with E-state index in [1.54, 1.807) is 12.1 Å². The minimum Gasteiger partial charge on any atom is -0.508 e. The van der Waals surface area contributed by atoms with Crippen molar-refractivity contribution in [1.29, 1.82) is 0 Å². The van der Waals surface area contributed by atoms with Gasteiger partial charge in [-0.25, -0.2) is 0 Å². The predicted molar refractivity (Wildman–Crippen MR) is 47.3 cm³/mol. The van der Waals surface area contributed by atoms with Gasteiger partial charge in [0.15, 0.2) is 0 Å². The average molecular weight is 303 g/mol. The van der Waals surface area contributed by atoms with E-state index in [0.717, 1.165) is 0 Å². The van der Waals surface area contributed by atoms with E-state index in [2.05, 4.69) is 0 Å². The smallest absolute Gasteiger partial charge is 0.216 e. The minimum atomic E-state index is -1.41. The number of hydrogen-bond acceptors (Lipinski definition) is 1. The Morgan fingerprint density at radius 2 is 1.42 bits per heavy atom. The Morgan fingerprint density at radius 3 is 1.75 bits per heavy atom. The molecule has 0 aliphatic heterocycles. The fourth-order valence-corrected chi connectivity index (χ4v) is 1.03. The average Bonchev–Trinajstić information content (AvgIpc) is 1.86. The van der Waals surface area contributed by atoms with Crippen LogP contribution >= 0.6 is 34.8 Å². The van der Waals surface area contributed by atoms with Crippen LogP contribution in [0.5, 0.6) is 5.75 Å². The molecule has 12 heavy (non-hydrogen) atoms. The quantitative estimate of drug-likeness (QED) is 0.730. The van der Waals surface area contributed by atoms with E-state index < -0.39 is 3.79 Å². The topological polar surface area (TPSA) is 20.2 Å². The third-order valence-corrected chi connectivity index (χ3v) is 1.85. The maximum atomic E-state index is 8.89. The molecule has 5 heteroatoms. The molecule has 64 valence electrons. The SMILES string of the molecule is Oc1ccc(C(Cl)(Cl)Cl)cc1.[Zr]. The van der Waals surface area contributed by atoms with Crippen molar-refractivity contribution >= 4 is 34.8 Å². The predicted octanol–water partition coefficient (Wildman–Crippen LogP) is 3.22. The first-order chi connectivity index (χ1) is 5.00. The second kappa shape index (κ2) is 4.86. The standard InChI is InChI=1S/C7H5Cl3O.Zr/c8-7(9,10)5-1-3-6(11)4-2-5;/h1-4,11H;. The summed E-state index contributed by atoms with van der Waals surface area (Å²) in [7, 11) is 0. The molecule has 1 aromatic carbocycles. The van der Waals surface area contributed by atoms with Gasteiger partial charge in [0.2, 0.25) is 3.79 Å². The van der Waals surface area contributed by atoms with Crippen molar-refractivity contribution in [2.45, 2.75) is 3.79 Å². The molecule has 1 N–H and O–H groups in total. The van der Waals surface area contributed by atoms with Gasteiger partial charge in [-0.2, -0.15) is 0 Å². The molecular weight excluding hydrogens is 298 g/mol. The number of alkyl halides is 3. The van der Waals surface area contributed by atoms with Crippen molar-refractivity contribution in [3.05, 3.63) is 29.8 Å². The van der Waals surface area contributed by atoms with E-state index in [-0.39, 0.29) is 32.0 Å². The number of phenols is 1. The molecule has 0 saturated carbocycles. The molecule has 1 aromatic rings. The van der Waals surface area contributed by atoms with E-state index in [1.165, 1.54) is 12.1 Å². The fourth-order valence-electron chi connectivity index (χ4n) is 0.650. The molecule has 1 nitrogen and oxygen atoms in total. The largest absolute Gasteiger partial charge is 0.508 e. The molecule has 0 unspecified atom stereocenters. The number of phenolic OH excluding ortho intramolecular Hbond substituents is 1. The Morgan fingerprint density at radius 1 is 1.00 bits per heavy atom. The van der Waals surface area contributed by atoms with Gasteiger partial charge in [-0.15, -0.1) is 0 Å². The monoisotopic (exact) mass is 300 g/mol. The second-order valence-corrected chi connectivity index (χ2v) is 4.33. The van der Waals surface area contributed by atoms with Gasteiger partial charge in [0.05, 0.1) is 0 Å². The maximum absolute atomic E-state index is 8.89. The zero-order valence-electron chi connectivity index (χ0n) is 5.89. The molecule has 0 spiro atoms. The molecule has 0 radical (unpaired) electrons. The van der Waals surface area contributed by atoms with E-state index in [1.807, 2.05) is 0 Å². The molecule has 0 heterocycles. The summed E-state index contributed by atoms with van der Waals surface area (Å²) >= 11 is 16.7. The first-order valence-corrected chi connectivity index (χ1v) is 4.00. The Hall–Kier alpha value is 0.773. The van der Waals surface area contributed by atoms with Crippen LogP contribution in [0.25, 0.3) is 0 Å². The third-order valence-electron chi connectivity index (χ3n) is 1.19. The van der Waals surface area contributed by atoms with Crippen molar-refractivity contribution in [2.24, 2.45) is 0 Å². The van der Waals surface area contributed by atoms with Crippen molar-refractivity contribution in [2.75, 3.05) is 0 Å². The summed E-state index contributed by atoms with van der Waals surface area (Å²) in [5.41, 5.74) is 0.542. The number of aromatic hydroxyl groups is 1. The number of halogens is 3. The molecule has 0 saturated heterocycles. The van der Waals surface area contributed by atoms with Crippen molar-refractivity contribution < 1.29 is 31.3 Å². The van der Waals surface area contributed by atoms with Gasteiger partial charge in [0.1, 0.15) is 5.75 Å². The van der Waals surface area contributed by atoms with Crippen LogP contribution < -0.4 is 0 Å².